The average Bonchev–Trinajstić information content (AvgIpc) is 0.851. The molecule has 0 aliphatic rings. The molecule has 7 heterocycles. The summed E-state index contributed by atoms with van der Waals surface area (Å²) in [5.74, 6) is -4.14. The molecule has 0 bridgehead atoms. The van der Waals surface area contributed by atoms with Gasteiger partial charge in [0.2, 0.25) is 16.9 Å². The highest BCUT2D eigenvalue weighted by molar-refractivity contribution is 6.31. The molecule has 9 aromatic rings. The number of rotatable bonds is 39. The topological polar surface area (TPSA) is 611 Å². The van der Waals surface area contributed by atoms with Crippen molar-refractivity contribution < 1.29 is 140 Å². The Hall–Kier alpha value is -14.9. The number of aliphatic hydroxyl groups excluding tert-OH is 2. The number of methoxy groups -OCH3 is 5. The number of nitro groups is 3. The van der Waals surface area contributed by atoms with Gasteiger partial charge in [-0.2, -0.15) is 0 Å². The predicted octanol–water partition coefficient (Wildman–Crippen LogP) is 10.3. The number of carboxylic acids is 1. The van der Waals surface area contributed by atoms with Gasteiger partial charge in [-0.3, -0.25) is 30.3 Å². The van der Waals surface area contributed by atoms with Crippen LogP contribution in [0, 0.1) is 30.3 Å². The number of hydrogen-bond acceptors (Lipinski definition) is 40. The Balaban J connectivity index is 0.000000385. The molecule has 0 unspecified atom stereocenters. The smallest absolute Gasteiger partial charge is 0.340 e. The number of carbonyl (C=O) groups excluding carboxylic acids is 6. The van der Waals surface area contributed by atoms with Crippen molar-refractivity contribution in [3.8, 4) is 46.8 Å². The molecule has 678 valence electrons. The zero-order valence-corrected chi connectivity index (χ0v) is 70.6. The van der Waals surface area contributed by atoms with E-state index in [1.807, 2.05) is 88.4 Å². The van der Waals surface area contributed by atoms with Crippen molar-refractivity contribution in [3.63, 3.8) is 0 Å². The maximum Gasteiger partial charge on any atom is 0.340 e. The van der Waals surface area contributed by atoms with Gasteiger partial charge in [-0.15, -0.1) is 0 Å². The van der Waals surface area contributed by atoms with Gasteiger partial charge in [0.25, 0.3) is 23.5 Å². The number of benzene rings is 2. The van der Waals surface area contributed by atoms with Crippen LogP contribution in [0.2, 0.25) is 5.15 Å². The number of nitrogen functional groups attached to an aromatic ring is 2. The summed E-state index contributed by atoms with van der Waals surface area (Å²) in [6, 6.07) is 28.1. The van der Waals surface area contributed by atoms with Crippen molar-refractivity contribution in [2.75, 3.05) is 126 Å². The quantitative estimate of drug-likeness (QED) is 0.00520. The highest BCUT2D eigenvalue weighted by Gasteiger charge is 2.24. The lowest BCUT2D eigenvalue weighted by Crippen LogP contribution is -2.12. The molecule has 0 saturated carbocycles. The second kappa shape index (κ2) is 59.8. The number of ether oxygens (including phenoxy) is 15. The van der Waals surface area contributed by atoms with Gasteiger partial charge in [0.1, 0.15) is 26.4 Å². The average molecular weight is 1780 g/mol. The van der Waals surface area contributed by atoms with Crippen LogP contribution >= 0.6 is 11.6 Å². The van der Waals surface area contributed by atoms with E-state index < -0.39 is 62.2 Å². The van der Waals surface area contributed by atoms with Crippen LogP contribution in [0.4, 0.5) is 28.4 Å². The third-order valence-electron chi connectivity index (χ3n) is 14.7. The number of aliphatic hydroxyl groups is 2. The normalized spacial score (nSPS) is 9.97. The fourth-order valence-electron chi connectivity index (χ4n) is 8.77. The van der Waals surface area contributed by atoms with Gasteiger partial charge in [-0.25, -0.2) is 68.4 Å². The molecule has 8 N–H and O–H groups in total. The van der Waals surface area contributed by atoms with Crippen LogP contribution in [-0.4, -0.2) is 227 Å². The Kier molecular flexibility index (Phi) is 49.9. The molecule has 45 heteroatoms. The fraction of sp³-hybridized carbons (Fsp3) is 0.333. The second-order valence-electron chi connectivity index (χ2n) is 24.1. The van der Waals surface area contributed by atoms with Crippen molar-refractivity contribution >= 4 is 81.8 Å². The van der Waals surface area contributed by atoms with E-state index in [4.69, 9.17) is 90.5 Å². The summed E-state index contributed by atoms with van der Waals surface area (Å²) in [6.07, 6.45) is 11.8. The van der Waals surface area contributed by atoms with Crippen LogP contribution < -0.4 is 44.6 Å². The van der Waals surface area contributed by atoms with E-state index in [0.29, 0.717) is 99.1 Å². The second-order valence-corrected chi connectivity index (χ2v) is 24.4. The highest BCUT2D eigenvalue weighted by Crippen LogP contribution is 2.30. The van der Waals surface area contributed by atoms with Crippen molar-refractivity contribution in [2.24, 2.45) is 0 Å². The molecule has 9 rings (SSSR count). The zero-order chi connectivity index (χ0) is 93.3. The minimum atomic E-state index is -1.18. The number of nitrogens with two attached hydrogens (primary N) is 2. The van der Waals surface area contributed by atoms with E-state index in [0.717, 1.165) is 60.6 Å². The lowest BCUT2D eigenvalue weighted by Gasteiger charge is -2.09. The number of hydrogen-bond donors (Lipinski definition) is 6. The third-order valence-corrected chi connectivity index (χ3v) is 15.0. The molecule has 7 aromatic heterocycles. The Bertz CT molecular complexity index is 4950. The maximum atomic E-state index is 12.0. The maximum absolute atomic E-state index is 12.0. The number of carboxylic acid groups (broad SMARTS) is 1. The minimum absolute atomic E-state index is 0.00697. The number of aromatic nitrogens is 7. The number of anilines is 2. The monoisotopic (exact) mass is 1780 g/mol. The first-order valence-corrected chi connectivity index (χ1v) is 37.9. The summed E-state index contributed by atoms with van der Waals surface area (Å²) in [5.41, 5.74) is 13.8. The SMILES string of the molecule is CCCOc1ncc(C(=O)OC)cc1N.CCCOc1ncc(C(=O)OC)cc1[N+](=O)[O-].CCCOc1ncc(C(=O)OCCOCc2ccccc2)cc1N.CCCOc1ncc(C(=O)OCCOCc2ccccc2)cc1[N+](=O)[O-].COC(=O)c1cnc(Cl)c([N+](=O)[O-])c1.COC(=O)c1cnc(OCCO)c(OC)c1.O=C(O)c1cnc(OCCO)c(O)c1. The molecule has 0 fully saturated rings. The number of halogens is 1. The third kappa shape index (κ3) is 38.5. The molecule has 0 spiro atoms. The van der Waals surface area contributed by atoms with E-state index in [9.17, 15) is 69.0 Å². The van der Waals surface area contributed by atoms with Crippen LogP contribution in [0.1, 0.15) is 137 Å². The number of carbonyl (C=O) groups is 7. The Morgan fingerprint density at radius 1 is 0.381 bits per heavy atom. The van der Waals surface area contributed by atoms with E-state index >= 15 is 0 Å². The number of aromatic hydroxyl groups is 1. The summed E-state index contributed by atoms with van der Waals surface area (Å²) in [4.78, 5) is 136. The Morgan fingerprint density at radius 3 is 1.04 bits per heavy atom. The summed E-state index contributed by atoms with van der Waals surface area (Å²) in [7, 11) is 6.38. The van der Waals surface area contributed by atoms with Crippen molar-refractivity contribution in [2.45, 2.75) is 66.6 Å². The highest BCUT2D eigenvalue weighted by atomic mass is 35.5. The fourth-order valence-corrected chi connectivity index (χ4v) is 8.94. The van der Waals surface area contributed by atoms with E-state index in [2.05, 4.69) is 53.8 Å². The molecular formula is C81H95ClN12O32. The van der Waals surface area contributed by atoms with Gasteiger partial charge in [0, 0.05) is 73.7 Å². The molecule has 0 aliphatic carbocycles. The molecule has 0 radical (unpaired) electrons. The number of pyridine rings is 7. The molecule has 0 saturated heterocycles. The predicted molar refractivity (Wildman–Crippen MR) is 445 cm³/mol. The van der Waals surface area contributed by atoms with Crippen LogP contribution in [0.25, 0.3) is 0 Å². The lowest BCUT2D eigenvalue weighted by molar-refractivity contribution is -0.386. The molecular weight excluding hydrogens is 1690 g/mol. The standard InChI is InChI=1S/C18H20N2O6.C18H22N2O4.C10H12N2O5.C10H14N2O3.C10H13NO5.C8H9NO5.C7H5ClN2O4/c1-2-8-25-17-16(20(22)23)11-15(12-19-17)18(21)26-10-9-24-13-14-6-4-3-5-7-14;1-2-8-23-17-16(19)11-15(12-20-17)18(21)24-10-9-22-13-14-6-4-3-5-7-14;1-3-4-17-9-8(12(14)15)5-7(6-11-9)10(13)16-2;1-3-4-15-9-8(11)5-7(6-12-9)10(13)14-2;1-14-8-5-7(10(13)15-2)6-11-9(8)16-4-3-12;10-1-2-14-7-6(11)3-5(4-9-7)8(12)13;1-14-7(11)4-2-5(10(12)13)6(8)9-3-4/h3-7,11-12H,2,8-10,13H2,1H3;3-7,11-12H,2,8-10,13,19H2,1H3;5-6H,3-4H2,1-2H3;5-6H,3-4,11H2,1-2H3;5-6,12H,3-4H2,1-2H3;3-4,10-11H,1-2H2,(H,12,13);2-3H,1H3. The van der Waals surface area contributed by atoms with E-state index in [1.165, 1.54) is 84.7 Å². The van der Waals surface area contributed by atoms with E-state index in [-0.39, 0.29) is 120 Å². The molecule has 0 amide bonds. The summed E-state index contributed by atoms with van der Waals surface area (Å²) < 4.78 is 74.8. The summed E-state index contributed by atoms with van der Waals surface area (Å²) >= 11 is 5.43. The summed E-state index contributed by atoms with van der Waals surface area (Å²) in [6.45, 7) is 10.8. The van der Waals surface area contributed by atoms with Gasteiger partial charge < -0.3 is 103 Å². The minimum Gasteiger partial charge on any atom is -0.503 e. The van der Waals surface area contributed by atoms with Gasteiger partial charge in [0.15, 0.2) is 11.5 Å². The lowest BCUT2D eigenvalue weighted by atomic mass is 10.2. The molecule has 2 aromatic carbocycles. The first kappa shape index (κ1) is 105. The van der Waals surface area contributed by atoms with E-state index in [1.54, 1.807) is 0 Å². The van der Waals surface area contributed by atoms with Crippen LogP contribution in [0.15, 0.2) is 147 Å². The largest absolute Gasteiger partial charge is 0.503 e. The van der Waals surface area contributed by atoms with Crippen molar-refractivity contribution in [1.82, 2.24) is 34.9 Å². The van der Waals surface area contributed by atoms with Crippen LogP contribution in [0.3, 0.4) is 0 Å². The van der Waals surface area contributed by atoms with Gasteiger partial charge in [-0.1, -0.05) is 100.0 Å². The van der Waals surface area contributed by atoms with Gasteiger partial charge in [0.05, 0.1) is 167 Å². The molecule has 0 atom stereocenters. The molecule has 0 aliphatic heterocycles. The van der Waals surface area contributed by atoms with Crippen molar-refractivity contribution in [3.05, 3.63) is 232 Å². The Morgan fingerprint density at radius 2 is 0.690 bits per heavy atom. The Labute approximate surface area is 725 Å². The van der Waals surface area contributed by atoms with Crippen LogP contribution in [0.5, 0.6) is 46.8 Å². The molecule has 44 nitrogen and oxygen atoms in total. The number of nitrogens with zero attached hydrogens (tertiary/aromatic N) is 10. The first-order valence-electron chi connectivity index (χ1n) is 37.5. The van der Waals surface area contributed by atoms with Crippen molar-refractivity contribution in [1.29, 1.82) is 0 Å². The molecule has 126 heavy (non-hydrogen) atoms. The zero-order valence-electron chi connectivity index (χ0n) is 69.8. The number of esters is 6. The summed E-state index contributed by atoms with van der Waals surface area (Å²) in [5, 5.41) is 66.9. The van der Waals surface area contributed by atoms with Gasteiger partial charge in [-0.05, 0) is 48.9 Å². The first-order chi connectivity index (χ1) is 60.5. The van der Waals surface area contributed by atoms with Gasteiger partial charge >= 0.3 is 58.8 Å². The van der Waals surface area contributed by atoms with Crippen LogP contribution in [-0.2, 0) is 51.1 Å². The number of aromatic carboxylic acids is 1.